The molecule has 3 aromatic rings. The van der Waals surface area contributed by atoms with Crippen molar-refractivity contribution in [2.24, 2.45) is 5.92 Å². The number of fused-ring (bicyclic) bond motifs is 3. The van der Waals surface area contributed by atoms with Crippen molar-refractivity contribution in [1.29, 1.82) is 0 Å². The monoisotopic (exact) mass is 503 g/mol. The highest BCUT2D eigenvalue weighted by atomic mass is 16.5. The predicted molar refractivity (Wildman–Crippen MR) is 148 cm³/mol. The van der Waals surface area contributed by atoms with Crippen LogP contribution < -0.4 is 9.47 Å². The Morgan fingerprint density at radius 1 is 1.08 bits per heavy atom. The average Bonchev–Trinajstić information content (AvgIpc) is 3.57. The van der Waals surface area contributed by atoms with E-state index in [4.69, 9.17) is 9.47 Å². The Balaban J connectivity index is 1.41. The molecule has 1 fully saturated rings. The van der Waals surface area contributed by atoms with Gasteiger partial charge in [-0.05, 0) is 80.7 Å². The number of rotatable bonds is 10. The van der Waals surface area contributed by atoms with Gasteiger partial charge in [0.05, 0.1) is 19.8 Å². The second kappa shape index (κ2) is 11.6. The Kier molecular flexibility index (Phi) is 8.04. The molecule has 198 valence electrons. The van der Waals surface area contributed by atoms with E-state index in [-0.39, 0.29) is 11.9 Å². The predicted octanol–water partition coefficient (Wildman–Crippen LogP) is 5.95. The molecule has 2 aromatic carbocycles. The molecule has 1 N–H and O–H groups in total. The van der Waals surface area contributed by atoms with Crippen LogP contribution in [0.15, 0.2) is 42.5 Å². The van der Waals surface area contributed by atoms with Gasteiger partial charge in [0.25, 0.3) is 0 Å². The maximum Gasteiger partial charge on any atom is 0.223 e. The van der Waals surface area contributed by atoms with Crippen molar-refractivity contribution in [3.63, 3.8) is 0 Å². The molecule has 2 aliphatic rings. The number of hydrogen-bond donors (Lipinski definition) is 1. The fourth-order valence-corrected chi connectivity index (χ4v) is 6.10. The van der Waals surface area contributed by atoms with E-state index in [1.807, 2.05) is 18.2 Å². The van der Waals surface area contributed by atoms with Crippen molar-refractivity contribution in [3.05, 3.63) is 59.3 Å². The minimum atomic E-state index is -0.124. The van der Waals surface area contributed by atoms with Gasteiger partial charge in [0.15, 0.2) is 0 Å². The molecule has 6 nitrogen and oxygen atoms in total. The molecule has 6 heteroatoms. The maximum atomic E-state index is 13.6. The van der Waals surface area contributed by atoms with Crippen LogP contribution in [0.1, 0.15) is 67.8 Å². The van der Waals surface area contributed by atoms with Crippen LogP contribution in [0.2, 0.25) is 0 Å². The van der Waals surface area contributed by atoms with Crippen LogP contribution in [0.3, 0.4) is 0 Å². The number of nitrogens with zero attached hydrogens (tertiary/aromatic N) is 2. The van der Waals surface area contributed by atoms with Crippen molar-refractivity contribution in [2.45, 2.75) is 57.4 Å². The molecular weight excluding hydrogens is 462 g/mol. The zero-order valence-corrected chi connectivity index (χ0v) is 22.6. The second-order valence-corrected chi connectivity index (χ2v) is 10.9. The van der Waals surface area contributed by atoms with E-state index in [0.29, 0.717) is 18.9 Å². The number of carbonyl (C=O) groups excluding carboxylic acids is 1. The molecule has 0 radical (unpaired) electrons. The van der Waals surface area contributed by atoms with Crippen LogP contribution in [0, 0.1) is 5.92 Å². The van der Waals surface area contributed by atoms with Gasteiger partial charge in [-0.25, -0.2) is 0 Å². The quantitative estimate of drug-likeness (QED) is 0.347. The molecule has 0 unspecified atom stereocenters. The highest BCUT2D eigenvalue weighted by molar-refractivity contribution is 5.88. The van der Waals surface area contributed by atoms with Crippen LogP contribution in [-0.4, -0.2) is 61.6 Å². The summed E-state index contributed by atoms with van der Waals surface area (Å²) < 4.78 is 11.5. The first-order valence-corrected chi connectivity index (χ1v) is 13.9. The summed E-state index contributed by atoms with van der Waals surface area (Å²) in [5, 5.41) is 1.19. The molecule has 5 rings (SSSR count). The van der Waals surface area contributed by atoms with Crippen LogP contribution >= 0.6 is 0 Å². The molecular formula is C31H41N3O3. The standard InChI is InChI=1S/C31H41N3O3/c1-33(2)18-6-20-37-24-12-10-23(11-13-24)31-30-26(27-21-25(36-3)14-15-28(27)32-30)17-19-34(31)29(35)16-9-22-7-4-5-8-22/h10-15,21-22,31-32H,4-9,16-20H2,1-3H3/t31-/m0/s1. The number of hydrogen-bond acceptors (Lipinski definition) is 4. The summed E-state index contributed by atoms with van der Waals surface area (Å²) in [5.41, 5.74) is 4.64. The van der Waals surface area contributed by atoms with E-state index < -0.39 is 0 Å². The molecule has 0 bridgehead atoms. The third-order valence-corrected chi connectivity index (χ3v) is 8.11. The molecule has 37 heavy (non-hydrogen) atoms. The van der Waals surface area contributed by atoms with Gasteiger partial charge in [-0.1, -0.05) is 37.8 Å². The summed E-state index contributed by atoms with van der Waals surface area (Å²) in [7, 11) is 5.86. The molecule has 1 amide bonds. The van der Waals surface area contributed by atoms with E-state index in [2.05, 4.69) is 53.1 Å². The number of carbonyl (C=O) groups is 1. The highest BCUT2D eigenvalue weighted by Crippen LogP contribution is 2.40. The number of aromatic nitrogens is 1. The Bertz CT molecular complexity index is 1190. The second-order valence-electron chi connectivity index (χ2n) is 10.9. The summed E-state index contributed by atoms with van der Waals surface area (Å²) >= 11 is 0. The first-order chi connectivity index (χ1) is 18.0. The smallest absolute Gasteiger partial charge is 0.223 e. The van der Waals surface area contributed by atoms with Crippen LogP contribution in [0.4, 0.5) is 0 Å². The van der Waals surface area contributed by atoms with Crippen molar-refractivity contribution in [2.75, 3.05) is 40.9 Å². The minimum absolute atomic E-state index is 0.124. The van der Waals surface area contributed by atoms with Gasteiger partial charge in [0.1, 0.15) is 11.5 Å². The molecule has 1 aromatic heterocycles. The third-order valence-electron chi connectivity index (χ3n) is 8.11. The third kappa shape index (κ3) is 5.80. The van der Waals surface area contributed by atoms with Crippen LogP contribution in [0.5, 0.6) is 11.5 Å². The molecule has 1 saturated carbocycles. The van der Waals surface area contributed by atoms with Gasteiger partial charge in [-0.2, -0.15) is 0 Å². The number of benzene rings is 2. The summed E-state index contributed by atoms with van der Waals surface area (Å²) in [6.45, 7) is 2.43. The lowest BCUT2D eigenvalue weighted by atomic mass is 9.91. The number of aromatic amines is 1. The van der Waals surface area contributed by atoms with Gasteiger partial charge < -0.3 is 24.3 Å². The summed E-state index contributed by atoms with van der Waals surface area (Å²) in [6, 6.07) is 14.4. The normalized spacial score (nSPS) is 17.9. The van der Waals surface area contributed by atoms with Crippen molar-refractivity contribution in [1.82, 2.24) is 14.8 Å². The topological polar surface area (TPSA) is 57.8 Å². The lowest BCUT2D eigenvalue weighted by molar-refractivity contribution is -0.133. The number of methoxy groups -OCH3 is 1. The lowest BCUT2D eigenvalue weighted by Gasteiger charge is -2.36. The summed E-state index contributed by atoms with van der Waals surface area (Å²) in [4.78, 5) is 21.6. The van der Waals surface area contributed by atoms with Crippen molar-refractivity contribution >= 4 is 16.8 Å². The zero-order valence-electron chi connectivity index (χ0n) is 22.6. The van der Waals surface area contributed by atoms with Crippen LogP contribution in [0.25, 0.3) is 10.9 Å². The Hall–Kier alpha value is -2.99. The molecule has 1 aliphatic carbocycles. The van der Waals surface area contributed by atoms with Gasteiger partial charge >= 0.3 is 0 Å². The minimum Gasteiger partial charge on any atom is -0.497 e. The molecule has 2 heterocycles. The average molecular weight is 504 g/mol. The van der Waals surface area contributed by atoms with Gasteiger partial charge in [-0.3, -0.25) is 4.79 Å². The first-order valence-electron chi connectivity index (χ1n) is 13.9. The summed E-state index contributed by atoms with van der Waals surface area (Å²) in [6.07, 6.45) is 8.68. The highest BCUT2D eigenvalue weighted by Gasteiger charge is 2.34. The van der Waals surface area contributed by atoms with Gasteiger partial charge in [0, 0.05) is 36.1 Å². The largest absolute Gasteiger partial charge is 0.497 e. The van der Waals surface area contributed by atoms with Crippen molar-refractivity contribution < 1.29 is 14.3 Å². The number of ether oxygens (including phenoxy) is 2. The van der Waals surface area contributed by atoms with E-state index in [1.54, 1.807) is 7.11 Å². The molecule has 0 spiro atoms. The van der Waals surface area contributed by atoms with E-state index in [0.717, 1.165) is 60.6 Å². The lowest BCUT2D eigenvalue weighted by Crippen LogP contribution is -2.40. The molecule has 1 aliphatic heterocycles. The maximum absolute atomic E-state index is 13.6. The number of amides is 1. The fraction of sp³-hybridized carbons (Fsp3) is 0.516. The van der Waals surface area contributed by atoms with Crippen molar-refractivity contribution in [3.8, 4) is 11.5 Å². The number of H-pyrrole nitrogens is 1. The SMILES string of the molecule is COc1ccc2[nH]c3c(c2c1)CCN(C(=O)CCC1CCCC1)[C@H]3c1ccc(OCCCN(C)C)cc1. The zero-order chi connectivity index (χ0) is 25.8. The fourth-order valence-electron chi connectivity index (χ4n) is 6.10. The van der Waals surface area contributed by atoms with Crippen LogP contribution in [-0.2, 0) is 11.2 Å². The Labute approximate surface area is 220 Å². The van der Waals surface area contributed by atoms with E-state index in [9.17, 15) is 4.79 Å². The van der Waals surface area contributed by atoms with E-state index in [1.165, 1.54) is 36.6 Å². The molecule has 1 atom stereocenters. The van der Waals surface area contributed by atoms with Gasteiger partial charge in [0.2, 0.25) is 5.91 Å². The Morgan fingerprint density at radius 2 is 1.84 bits per heavy atom. The molecule has 0 saturated heterocycles. The summed E-state index contributed by atoms with van der Waals surface area (Å²) in [5.74, 6) is 2.71. The Morgan fingerprint density at radius 3 is 2.57 bits per heavy atom. The van der Waals surface area contributed by atoms with Gasteiger partial charge in [-0.15, -0.1) is 0 Å². The first kappa shape index (κ1) is 25.7. The van der Waals surface area contributed by atoms with E-state index >= 15 is 0 Å². The number of nitrogens with one attached hydrogen (secondary N) is 1.